The topological polar surface area (TPSA) is 30.0 Å². The van der Waals surface area contributed by atoms with Gasteiger partial charge in [-0.2, -0.15) is 0 Å². The molecule has 9 heavy (non-hydrogen) atoms. The van der Waals surface area contributed by atoms with Crippen LogP contribution in [-0.4, -0.2) is 11.3 Å². The largest absolute Gasteiger partial charge is 0.304 e. The summed E-state index contributed by atoms with van der Waals surface area (Å²) < 4.78 is 0. The van der Waals surface area contributed by atoms with Gasteiger partial charge in [0.2, 0.25) is 0 Å². The van der Waals surface area contributed by atoms with Crippen LogP contribution in [0.3, 0.4) is 0 Å². The minimum absolute atomic E-state index is 0.750. The minimum Gasteiger partial charge on any atom is -0.304 e. The Labute approximate surface area is 58.6 Å². The van der Waals surface area contributed by atoms with E-state index in [0.29, 0.717) is 0 Å². The number of hydrogen-bond donors (Lipinski definition) is 0. The molecule has 1 rings (SSSR count). The molecule has 1 aromatic rings. The molecular formula is C6H9NOS. The highest BCUT2D eigenvalue weighted by molar-refractivity contribution is 7.09. The lowest BCUT2D eigenvalue weighted by molar-refractivity contribution is -0.106. The lowest BCUT2D eigenvalue weighted by atomic mass is 10.7. The molecule has 0 atom stereocenters. The number of hydrogen-bond acceptors (Lipinski definition) is 3. The Hall–Kier alpha value is -0.700. The van der Waals surface area contributed by atoms with Gasteiger partial charge in [0.1, 0.15) is 6.29 Å². The monoisotopic (exact) mass is 143 g/mol. The van der Waals surface area contributed by atoms with Gasteiger partial charge < -0.3 is 4.79 Å². The van der Waals surface area contributed by atoms with E-state index in [0.717, 1.165) is 6.29 Å². The van der Waals surface area contributed by atoms with E-state index in [9.17, 15) is 0 Å². The predicted octanol–water partition coefficient (Wildman–Crippen LogP) is 1.66. The molecule has 3 heteroatoms. The molecule has 0 spiro atoms. The lowest BCUT2D eigenvalue weighted by Gasteiger charge is -1.63. The van der Waals surface area contributed by atoms with E-state index < -0.39 is 0 Å². The molecule has 0 amide bonds. The number of aryl methyl sites for hydroxylation is 1. The van der Waals surface area contributed by atoms with Crippen molar-refractivity contribution in [3.8, 4) is 0 Å². The Morgan fingerprint density at radius 1 is 1.78 bits per heavy atom. The fourth-order valence-electron chi connectivity index (χ4n) is 0.279. The third-order valence-electron chi connectivity index (χ3n) is 0.556. The van der Waals surface area contributed by atoms with Gasteiger partial charge in [-0.1, -0.05) is 0 Å². The molecule has 2 nitrogen and oxygen atoms in total. The Kier molecular flexibility index (Phi) is 5.01. The minimum atomic E-state index is 0.750. The van der Waals surface area contributed by atoms with Crippen LogP contribution in [0, 0.1) is 6.92 Å². The number of thiazole rings is 1. The van der Waals surface area contributed by atoms with Gasteiger partial charge >= 0.3 is 0 Å². The van der Waals surface area contributed by atoms with Crippen LogP contribution in [0.2, 0.25) is 0 Å². The molecule has 0 bridgehead atoms. The second-order valence-electron chi connectivity index (χ2n) is 1.35. The van der Waals surface area contributed by atoms with Crippen LogP contribution in [0.15, 0.2) is 11.7 Å². The summed E-state index contributed by atoms with van der Waals surface area (Å²) in [4.78, 5) is 13.9. The van der Waals surface area contributed by atoms with Gasteiger partial charge in [0.15, 0.2) is 0 Å². The van der Waals surface area contributed by atoms with Crippen molar-refractivity contribution >= 4 is 17.6 Å². The zero-order valence-electron chi connectivity index (χ0n) is 5.50. The van der Waals surface area contributed by atoms with Crippen molar-refractivity contribution < 1.29 is 4.79 Å². The molecule has 0 N–H and O–H groups in total. The summed E-state index contributed by atoms with van der Waals surface area (Å²) in [5.74, 6) is 0. The normalized spacial score (nSPS) is 7.33. The van der Waals surface area contributed by atoms with Gasteiger partial charge in [-0.25, -0.2) is 0 Å². The van der Waals surface area contributed by atoms with Crippen molar-refractivity contribution in [3.63, 3.8) is 0 Å². The van der Waals surface area contributed by atoms with Gasteiger partial charge in [0, 0.05) is 11.1 Å². The highest BCUT2D eigenvalue weighted by atomic mass is 32.1. The first-order chi connectivity index (χ1) is 4.31. The van der Waals surface area contributed by atoms with E-state index in [1.54, 1.807) is 11.3 Å². The zero-order chi connectivity index (χ0) is 7.11. The number of aromatic nitrogens is 1. The molecule has 1 aromatic heterocycles. The molecule has 0 aromatic carbocycles. The van der Waals surface area contributed by atoms with Crippen molar-refractivity contribution in [3.05, 3.63) is 16.6 Å². The molecule has 50 valence electrons. The van der Waals surface area contributed by atoms with Gasteiger partial charge in [0.25, 0.3) is 0 Å². The summed E-state index contributed by atoms with van der Waals surface area (Å²) in [5.41, 5.74) is 1.83. The Bertz CT molecular complexity index is 148. The van der Waals surface area contributed by atoms with Crippen LogP contribution in [0.5, 0.6) is 0 Å². The van der Waals surface area contributed by atoms with E-state index >= 15 is 0 Å². The van der Waals surface area contributed by atoms with Gasteiger partial charge in [-0.15, -0.1) is 11.3 Å². The highest BCUT2D eigenvalue weighted by Crippen LogP contribution is 1.99. The fraction of sp³-hybridized carbons (Fsp3) is 0.333. The number of nitrogens with zero attached hydrogens (tertiary/aromatic N) is 1. The maximum Gasteiger partial charge on any atom is 0.116 e. The predicted molar refractivity (Wildman–Crippen MR) is 38.6 cm³/mol. The Morgan fingerprint density at radius 3 is 2.44 bits per heavy atom. The maximum absolute atomic E-state index is 8.81. The summed E-state index contributed by atoms with van der Waals surface area (Å²) in [6.07, 6.45) is 2.60. The second-order valence-corrected chi connectivity index (χ2v) is 2.44. The first-order valence-corrected chi connectivity index (χ1v) is 3.44. The quantitative estimate of drug-likeness (QED) is 0.517. The molecule has 0 saturated heterocycles. The standard InChI is InChI=1S/C4H5NS.C2H4O/c1-4-2-5-3-6-4;1-2-3/h2-3H,1H3;2H,1H3. The summed E-state index contributed by atoms with van der Waals surface area (Å²) in [5, 5.41) is 0. The molecule has 0 saturated carbocycles. The molecule has 0 aliphatic carbocycles. The van der Waals surface area contributed by atoms with Crippen LogP contribution in [0.25, 0.3) is 0 Å². The number of aldehydes is 1. The van der Waals surface area contributed by atoms with Crippen molar-refractivity contribution in [2.24, 2.45) is 0 Å². The number of rotatable bonds is 0. The van der Waals surface area contributed by atoms with Crippen LogP contribution in [0.4, 0.5) is 0 Å². The van der Waals surface area contributed by atoms with E-state index in [-0.39, 0.29) is 0 Å². The molecule has 0 aliphatic rings. The molecular weight excluding hydrogens is 134 g/mol. The van der Waals surface area contributed by atoms with Crippen molar-refractivity contribution in [2.45, 2.75) is 13.8 Å². The second kappa shape index (κ2) is 5.44. The van der Waals surface area contributed by atoms with Crippen LogP contribution >= 0.6 is 11.3 Å². The van der Waals surface area contributed by atoms with E-state index in [1.165, 1.54) is 11.8 Å². The van der Waals surface area contributed by atoms with Gasteiger partial charge in [-0.05, 0) is 13.8 Å². The zero-order valence-corrected chi connectivity index (χ0v) is 6.31. The van der Waals surface area contributed by atoms with Crippen molar-refractivity contribution in [1.29, 1.82) is 0 Å². The molecule has 1 heterocycles. The molecule has 0 unspecified atom stereocenters. The Balaban J connectivity index is 0.000000187. The maximum atomic E-state index is 8.81. The summed E-state index contributed by atoms with van der Waals surface area (Å²) in [6.45, 7) is 3.48. The fourth-order valence-corrected chi connectivity index (χ4v) is 0.689. The van der Waals surface area contributed by atoms with E-state index in [2.05, 4.69) is 4.98 Å². The first kappa shape index (κ1) is 8.30. The first-order valence-electron chi connectivity index (χ1n) is 2.56. The summed E-state index contributed by atoms with van der Waals surface area (Å²) >= 11 is 1.67. The van der Waals surface area contributed by atoms with E-state index in [1.807, 2.05) is 18.6 Å². The summed E-state index contributed by atoms with van der Waals surface area (Å²) in [7, 11) is 0. The smallest absolute Gasteiger partial charge is 0.116 e. The van der Waals surface area contributed by atoms with Gasteiger partial charge in [-0.3, -0.25) is 4.98 Å². The van der Waals surface area contributed by atoms with Crippen molar-refractivity contribution in [2.75, 3.05) is 0 Å². The Morgan fingerprint density at radius 2 is 2.33 bits per heavy atom. The average Bonchev–Trinajstić information content (AvgIpc) is 2.20. The molecule has 0 fully saturated rings. The average molecular weight is 143 g/mol. The molecule has 0 aliphatic heterocycles. The number of carbonyl (C=O) groups is 1. The van der Waals surface area contributed by atoms with E-state index in [4.69, 9.17) is 4.79 Å². The van der Waals surface area contributed by atoms with Crippen molar-refractivity contribution in [1.82, 2.24) is 4.98 Å². The van der Waals surface area contributed by atoms with Crippen LogP contribution in [-0.2, 0) is 4.79 Å². The molecule has 0 radical (unpaired) electrons. The third kappa shape index (κ3) is 5.17. The lowest BCUT2D eigenvalue weighted by Crippen LogP contribution is -1.48. The third-order valence-corrected chi connectivity index (χ3v) is 1.26. The summed E-state index contributed by atoms with van der Waals surface area (Å²) in [6, 6.07) is 0. The SMILES string of the molecule is CC=O.Cc1cncs1. The highest BCUT2D eigenvalue weighted by Gasteiger charge is 1.76. The number of carbonyl (C=O) groups excluding carboxylic acids is 1. The van der Waals surface area contributed by atoms with Gasteiger partial charge in [0.05, 0.1) is 5.51 Å². The van der Waals surface area contributed by atoms with Crippen LogP contribution in [0.1, 0.15) is 11.8 Å². The van der Waals surface area contributed by atoms with Crippen LogP contribution < -0.4 is 0 Å².